The van der Waals surface area contributed by atoms with E-state index >= 15 is 0 Å². The summed E-state index contributed by atoms with van der Waals surface area (Å²) < 4.78 is 66.4. The van der Waals surface area contributed by atoms with Crippen molar-refractivity contribution in [1.29, 1.82) is 0 Å². The maximum Gasteiger partial charge on any atom is 0.472 e. The monoisotopic (exact) mass is 1900 g/mol. The van der Waals surface area contributed by atoms with Gasteiger partial charge >= 0.3 is 31.7 Å². The number of hydrogen-bond donors (Lipinski definition) is 10. The number of hydrogen-bond acceptors (Lipinski definition) is 26. The Morgan fingerprint density at radius 1 is 0.534 bits per heavy atom. The first kappa shape index (κ1) is 118. The normalized spacial score (nSPS) is 15.2. The van der Waals surface area contributed by atoms with E-state index < -0.39 is 134 Å². The van der Waals surface area contributed by atoms with Gasteiger partial charge in [-0.15, -0.1) is 0 Å². The molecule has 0 bridgehead atoms. The zero-order valence-electron chi connectivity index (χ0n) is 79.6. The quantitative estimate of drug-likeness (QED) is 0.00430. The van der Waals surface area contributed by atoms with Gasteiger partial charge in [0.15, 0.2) is 11.1 Å². The van der Waals surface area contributed by atoms with Crippen LogP contribution in [0.15, 0.2) is 65.7 Å². The molecular formula is C94H159N12O26P. The molecule has 2 heterocycles. The lowest BCUT2D eigenvalue weighted by atomic mass is 10.0. The van der Waals surface area contributed by atoms with Crippen molar-refractivity contribution in [3.8, 4) is 0 Å². The van der Waals surface area contributed by atoms with Crippen molar-refractivity contribution in [2.75, 3.05) is 112 Å². The zero-order chi connectivity index (χ0) is 97.2. The largest absolute Gasteiger partial charge is 0.481 e. The first-order chi connectivity index (χ1) is 64.3. The minimum Gasteiger partial charge on any atom is -0.481 e. The number of hydrazine groups is 1. The van der Waals surface area contributed by atoms with Crippen LogP contribution in [-0.4, -0.2) is 250 Å². The average molecular weight is 1900 g/mol. The number of amides is 7. The molecule has 8 atom stereocenters. The highest BCUT2D eigenvalue weighted by Crippen LogP contribution is 2.43. The molecule has 0 saturated carbocycles. The topological polar surface area (TPSA) is 524 Å². The maximum atomic E-state index is 14.7. The molecule has 2 aromatic carbocycles. The second-order valence-electron chi connectivity index (χ2n) is 33.5. The molecule has 2 aromatic rings. The van der Waals surface area contributed by atoms with E-state index in [0.717, 1.165) is 62.5 Å². The molecule has 0 radical (unpaired) electrons. The number of phosphoric acid groups is 1. The molecule has 756 valence electrons. The number of esters is 3. The Kier molecular flexibility index (Phi) is 67.9. The van der Waals surface area contributed by atoms with Crippen LogP contribution in [0.4, 0.5) is 0 Å². The number of carboxylic acid groups (broad SMARTS) is 1. The van der Waals surface area contributed by atoms with Crippen LogP contribution in [0.5, 0.6) is 0 Å². The SMILES string of the molecule is CCCCCC(NC(=O)C(NC(=O)COCCOCCNC(=O)COCCOCCN)C(C)OCc1ccccc1)C(=O)N1CCCC1C(=O)N1CCCC1C(=O)NC(CCCN=C(N)N[N+](=O)[O-])C(=O)OCc1ccccc1.CCCCCCCCCCCCCCCC(=O)OCC(COP(=O)(O)OCCNC(=O)CCC(=O)O)OC(=O)CCCCCCCCCCCCCCC. The van der Waals surface area contributed by atoms with E-state index in [1.165, 1.54) is 125 Å². The predicted octanol–water partition coefficient (Wildman–Crippen LogP) is 10.9. The number of nitrogens with one attached hydrogen (secondary N) is 6. The van der Waals surface area contributed by atoms with E-state index in [9.17, 15) is 72.3 Å². The Morgan fingerprint density at radius 3 is 1.59 bits per heavy atom. The molecule has 4 rings (SSSR count). The number of phosphoric ester groups is 1. The van der Waals surface area contributed by atoms with E-state index in [-0.39, 0.29) is 149 Å². The van der Waals surface area contributed by atoms with Gasteiger partial charge in [0, 0.05) is 58.5 Å². The summed E-state index contributed by atoms with van der Waals surface area (Å²) in [6.07, 6.45) is 32.9. The number of ether oxygens (including phenoxy) is 8. The van der Waals surface area contributed by atoms with Gasteiger partial charge in [-0.05, 0) is 75.8 Å². The van der Waals surface area contributed by atoms with Crippen LogP contribution in [0.25, 0.3) is 0 Å². The molecule has 2 saturated heterocycles. The lowest BCUT2D eigenvalue weighted by Gasteiger charge is -2.34. The molecule has 0 aromatic heterocycles. The van der Waals surface area contributed by atoms with Crippen LogP contribution in [-0.2, 0) is 117 Å². The molecule has 2 aliphatic rings. The number of nitro groups is 1. The van der Waals surface area contributed by atoms with Crippen molar-refractivity contribution in [2.24, 2.45) is 16.5 Å². The summed E-state index contributed by atoms with van der Waals surface area (Å²) in [4.78, 5) is 172. The molecular weight excluding hydrogens is 1740 g/mol. The lowest BCUT2D eigenvalue weighted by Crippen LogP contribution is -2.60. The van der Waals surface area contributed by atoms with Crippen molar-refractivity contribution >= 4 is 79.0 Å². The van der Waals surface area contributed by atoms with Gasteiger partial charge < -0.3 is 95.7 Å². The Balaban J connectivity index is 0.000000739. The predicted molar refractivity (Wildman–Crippen MR) is 501 cm³/mol. The number of aliphatic carboxylic acids is 1. The van der Waals surface area contributed by atoms with Crippen LogP contribution >= 0.6 is 7.82 Å². The van der Waals surface area contributed by atoms with E-state index in [1.54, 1.807) is 36.6 Å². The smallest absolute Gasteiger partial charge is 0.472 e. The fourth-order valence-electron chi connectivity index (χ4n) is 14.8. The molecule has 2 aliphatic heterocycles. The van der Waals surface area contributed by atoms with E-state index in [2.05, 4.69) is 45.4 Å². The fraction of sp³-hybridized carbons (Fsp3) is 0.745. The Hall–Kier alpha value is -8.85. The van der Waals surface area contributed by atoms with Gasteiger partial charge in [-0.25, -0.2) is 24.5 Å². The summed E-state index contributed by atoms with van der Waals surface area (Å²) in [5, 5.41) is 32.0. The van der Waals surface area contributed by atoms with Crippen molar-refractivity contribution < 1.29 is 119 Å². The first-order valence-electron chi connectivity index (χ1n) is 48.6. The molecule has 133 heavy (non-hydrogen) atoms. The number of benzene rings is 2. The molecule has 0 spiro atoms. The van der Waals surface area contributed by atoms with Crippen LogP contribution < -0.4 is 43.5 Å². The van der Waals surface area contributed by atoms with Crippen LogP contribution in [0.1, 0.15) is 296 Å². The summed E-state index contributed by atoms with van der Waals surface area (Å²) in [5.74, 6) is -6.89. The van der Waals surface area contributed by atoms with Gasteiger partial charge in [-0.1, -0.05) is 260 Å². The molecule has 0 aliphatic carbocycles. The number of nitrogens with two attached hydrogens (primary N) is 2. The number of carboxylic acids is 1. The number of nitrogens with zero attached hydrogens (tertiary/aromatic N) is 4. The van der Waals surface area contributed by atoms with Crippen molar-refractivity contribution in [2.45, 2.75) is 340 Å². The summed E-state index contributed by atoms with van der Waals surface area (Å²) in [6, 6.07) is 12.8. The highest BCUT2D eigenvalue weighted by molar-refractivity contribution is 7.47. The first-order valence-corrected chi connectivity index (χ1v) is 50.1. The summed E-state index contributed by atoms with van der Waals surface area (Å²) in [7, 11) is -4.60. The molecule has 12 N–H and O–H groups in total. The van der Waals surface area contributed by atoms with Crippen molar-refractivity contribution in [3.05, 3.63) is 81.9 Å². The van der Waals surface area contributed by atoms with E-state index in [0.29, 0.717) is 58.3 Å². The third kappa shape index (κ3) is 59.6. The summed E-state index contributed by atoms with van der Waals surface area (Å²) in [6.45, 7) is 8.62. The number of carbonyl (C=O) groups excluding carboxylic acids is 10. The highest BCUT2D eigenvalue weighted by Gasteiger charge is 2.45. The molecule has 8 unspecified atom stereocenters. The standard InChI is InChI=1S/C53H81N11O15.C41H78NO11P/c1-3-4-7-19-41(58-49(68)47(38(2)78-34-39-15-8-5-9-16-39)60-46(66)37-77-33-31-75-29-25-56-45(65)36-76-32-30-74-28-23-54)50(69)63-27-14-22-44(63)51(70)62-26-13-21-43(62)48(67)59-42(20-12-24-57-53(55)61-64(72)73)52(71)79-35-40-17-10-6-11-18-40;1-3-5-7-9-11-13-15-17-19-21-23-25-27-29-40(46)50-35-37(36-52-54(48,49)51-34-33-42-38(43)31-32-39(44)45)53-41(47)30-28-26-24-22-20-18-16-14-12-10-8-6-4-2/h5-6,8-11,15-18,38,41-44,47H,3-4,7,12-14,19-37,54H2,1-2H3,(H,56,65)(H,58,68)(H,59,67)(H,60,66)(H3,55,57,61);37H,3-36H2,1-2H3,(H,42,43)(H,44,45)(H,48,49). The van der Waals surface area contributed by atoms with Gasteiger partial charge in [0.25, 0.3) is 5.96 Å². The molecule has 7 amide bonds. The minimum absolute atomic E-state index is 0.00915. The van der Waals surface area contributed by atoms with E-state index in [4.69, 9.17) is 63.5 Å². The number of carbonyl (C=O) groups is 11. The lowest BCUT2D eigenvalue weighted by molar-refractivity contribution is -0.525. The Bertz CT molecular complexity index is 3640. The van der Waals surface area contributed by atoms with Gasteiger partial charge in [-0.3, -0.25) is 57.0 Å². The highest BCUT2D eigenvalue weighted by atomic mass is 31.2. The molecule has 2 fully saturated rings. The Morgan fingerprint density at radius 2 is 1.03 bits per heavy atom. The van der Waals surface area contributed by atoms with Crippen molar-refractivity contribution in [1.82, 2.24) is 41.8 Å². The van der Waals surface area contributed by atoms with Gasteiger partial charge in [0.05, 0.1) is 72.0 Å². The second-order valence-corrected chi connectivity index (χ2v) is 35.0. The van der Waals surface area contributed by atoms with E-state index in [1.807, 2.05) is 43.3 Å². The third-order valence-electron chi connectivity index (χ3n) is 22.2. The van der Waals surface area contributed by atoms with Gasteiger partial charge in [0.1, 0.15) is 56.6 Å². The summed E-state index contributed by atoms with van der Waals surface area (Å²) >= 11 is 0. The zero-order valence-corrected chi connectivity index (χ0v) is 80.5. The minimum atomic E-state index is -4.60. The third-order valence-corrected chi connectivity index (χ3v) is 23.1. The molecule has 38 nitrogen and oxygen atoms in total. The number of guanidine groups is 1. The molecule has 39 heteroatoms. The van der Waals surface area contributed by atoms with Crippen LogP contribution in [0, 0.1) is 10.1 Å². The number of aliphatic imine (C=N–C) groups is 1. The van der Waals surface area contributed by atoms with Gasteiger partial charge in [0.2, 0.25) is 41.4 Å². The average Bonchev–Trinajstić information content (AvgIpc) is 1.63. The summed E-state index contributed by atoms with van der Waals surface area (Å²) in [5.41, 5.74) is 14.2. The second kappa shape index (κ2) is 76.3. The maximum absolute atomic E-state index is 14.7. The number of unbranched alkanes of at least 4 members (excludes halogenated alkanes) is 26. The number of rotatable bonds is 79. The van der Waals surface area contributed by atoms with Crippen molar-refractivity contribution in [3.63, 3.8) is 0 Å². The van der Waals surface area contributed by atoms with Crippen LogP contribution in [0.2, 0.25) is 0 Å². The fourth-order valence-corrected chi connectivity index (χ4v) is 15.6. The Labute approximate surface area is 786 Å². The number of likely N-dealkylation sites (tertiary alicyclic amines) is 2. The van der Waals surface area contributed by atoms with Gasteiger partial charge in [-0.2, -0.15) is 0 Å². The van der Waals surface area contributed by atoms with Crippen LogP contribution in [0.3, 0.4) is 0 Å².